The Morgan fingerprint density at radius 3 is 3.00 bits per heavy atom. The molecule has 3 nitrogen and oxygen atoms in total. The lowest BCUT2D eigenvalue weighted by Gasteiger charge is -2.43. The second kappa shape index (κ2) is 5.72. The first-order valence-corrected chi connectivity index (χ1v) is 7.56. The second-order valence-corrected chi connectivity index (χ2v) is 5.91. The third-order valence-electron chi connectivity index (χ3n) is 4.81. The summed E-state index contributed by atoms with van der Waals surface area (Å²) in [6, 6.07) is 0.641. The number of fused-ring (bicyclic) bond motifs is 1. The molecule has 3 aliphatic rings. The Bertz CT molecular complexity index is 294. The molecule has 0 spiro atoms. The van der Waals surface area contributed by atoms with Gasteiger partial charge in [-0.3, -0.25) is 4.90 Å². The highest BCUT2D eigenvalue weighted by atomic mass is 16.5. The number of hydrogen-bond acceptors (Lipinski definition) is 2. The van der Waals surface area contributed by atoms with Gasteiger partial charge in [-0.05, 0) is 31.6 Å². The predicted molar refractivity (Wildman–Crippen MR) is 72.2 cm³/mol. The van der Waals surface area contributed by atoms with Gasteiger partial charge in [0.25, 0.3) is 0 Å². The van der Waals surface area contributed by atoms with Crippen molar-refractivity contribution in [2.24, 2.45) is 5.92 Å². The Kier molecular flexibility index (Phi) is 4.02. The molecule has 0 aromatic heterocycles. The van der Waals surface area contributed by atoms with E-state index in [4.69, 9.17) is 10.1 Å². The van der Waals surface area contributed by atoms with E-state index in [1.54, 1.807) is 0 Å². The third-order valence-corrected chi connectivity index (χ3v) is 4.81. The Morgan fingerprint density at radius 2 is 2.11 bits per heavy atom. The van der Waals surface area contributed by atoms with Gasteiger partial charge in [0, 0.05) is 19.0 Å². The van der Waals surface area contributed by atoms with Crippen molar-refractivity contribution in [2.75, 3.05) is 13.2 Å². The summed E-state index contributed by atoms with van der Waals surface area (Å²) in [6.07, 6.45) is 11.7. The Hall–Kier alpha value is -0.380. The van der Waals surface area contributed by atoms with Crippen LogP contribution in [0.5, 0.6) is 0 Å². The molecule has 0 bridgehead atoms. The predicted octanol–water partition coefficient (Wildman–Crippen LogP) is 2.50. The number of ether oxygens (including phenoxy) is 1. The van der Waals surface area contributed by atoms with Crippen LogP contribution in [0.25, 0.3) is 0 Å². The molecule has 2 aliphatic heterocycles. The summed E-state index contributed by atoms with van der Waals surface area (Å²) in [7, 11) is 0. The van der Waals surface area contributed by atoms with Crippen LogP contribution in [0.3, 0.4) is 0 Å². The van der Waals surface area contributed by atoms with Gasteiger partial charge >= 0.3 is 0 Å². The van der Waals surface area contributed by atoms with E-state index in [2.05, 4.69) is 11.5 Å². The van der Waals surface area contributed by atoms with Gasteiger partial charge in [0.05, 0.1) is 12.8 Å². The lowest BCUT2D eigenvalue weighted by Crippen LogP contribution is -2.53. The fraction of sp³-hybridized carbons (Fsp3) is 0.867. The van der Waals surface area contributed by atoms with Gasteiger partial charge in [-0.25, -0.2) is 5.32 Å². The average Bonchev–Trinajstić information content (AvgIpc) is 2.87. The molecule has 4 atom stereocenters. The van der Waals surface area contributed by atoms with Crippen LogP contribution in [0.4, 0.5) is 0 Å². The molecular weight excluding hydrogens is 224 g/mol. The van der Waals surface area contributed by atoms with Crippen LogP contribution in [0, 0.1) is 5.92 Å². The summed E-state index contributed by atoms with van der Waals surface area (Å²) in [5.74, 6) is 0.886. The zero-order valence-electron chi connectivity index (χ0n) is 11.3. The van der Waals surface area contributed by atoms with Crippen molar-refractivity contribution >= 4 is 0 Å². The molecule has 0 aromatic carbocycles. The highest BCUT2D eigenvalue weighted by Crippen LogP contribution is 2.35. The van der Waals surface area contributed by atoms with Crippen molar-refractivity contribution in [3.63, 3.8) is 0 Å². The van der Waals surface area contributed by atoms with Crippen LogP contribution < -0.4 is 5.32 Å². The quantitative estimate of drug-likeness (QED) is 0.718. The summed E-state index contributed by atoms with van der Waals surface area (Å²) < 4.78 is 5.79. The van der Waals surface area contributed by atoms with Crippen molar-refractivity contribution < 1.29 is 4.74 Å². The molecule has 3 fully saturated rings. The molecule has 2 saturated heterocycles. The summed E-state index contributed by atoms with van der Waals surface area (Å²) in [5, 5.41) is 5.13. The first-order valence-electron chi connectivity index (χ1n) is 7.56. The zero-order valence-corrected chi connectivity index (χ0v) is 11.3. The highest BCUT2D eigenvalue weighted by molar-refractivity contribution is 4.91. The van der Waals surface area contributed by atoms with Crippen LogP contribution >= 0.6 is 0 Å². The largest absolute Gasteiger partial charge is 0.361 e. The van der Waals surface area contributed by atoms with Crippen LogP contribution in [0.1, 0.15) is 44.9 Å². The molecule has 0 aromatic rings. The van der Waals surface area contributed by atoms with Crippen LogP contribution in [0.2, 0.25) is 0 Å². The summed E-state index contributed by atoms with van der Waals surface area (Å²) in [5.41, 5.74) is 0. The standard InChI is InChI=1S/C15H25N2O/c1-2-5-15-17(10-11-18-15)14-9-8-12-6-3-4-7-13(12)16-14/h2,12-15H,1,3-11H2. The van der Waals surface area contributed by atoms with Crippen LogP contribution in [0.15, 0.2) is 12.7 Å². The number of nitrogens with zero attached hydrogens (tertiary/aromatic N) is 2. The summed E-state index contributed by atoms with van der Waals surface area (Å²) in [4.78, 5) is 2.46. The molecule has 101 valence electrons. The molecule has 1 aliphatic carbocycles. The molecule has 1 radical (unpaired) electrons. The van der Waals surface area contributed by atoms with Crippen molar-refractivity contribution in [1.29, 1.82) is 0 Å². The summed E-state index contributed by atoms with van der Waals surface area (Å²) >= 11 is 0. The van der Waals surface area contributed by atoms with E-state index in [1.807, 2.05) is 6.08 Å². The van der Waals surface area contributed by atoms with Gasteiger partial charge in [-0.1, -0.05) is 18.9 Å². The van der Waals surface area contributed by atoms with E-state index >= 15 is 0 Å². The maximum Gasteiger partial charge on any atom is 0.115 e. The molecular formula is C15H25N2O. The molecule has 1 saturated carbocycles. The van der Waals surface area contributed by atoms with Crippen LogP contribution in [-0.2, 0) is 4.74 Å². The van der Waals surface area contributed by atoms with Gasteiger partial charge in [0.2, 0.25) is 0 Å². The van der Waals surface area contributed by atoms with E-state index in [1.165, 1.54) is 38.5 Å². The number of hydrogen-bond donors (Lipinski definition) is 0. The van der Waals surface area contributed by atoms with Gasteiger partial charge in [-0.2, -0.15) is 0 Å². The molecule has 0 N–H and O–H groups in total. The smallest absolute Gasteiger partial charge is 0.115 e. The Morgan fingerprint density at radius 1 is 1.22 bits per heavy atom. The topological polar surface area (TPSA) is 26.6 Å². The normalized spacial score (nSPS) is 41.6. The second-order valence-electron chi connectivity index (χ2n) is 5.91. The van der Waals surface area contributed by atoms with Crippen molar-refractivity contribution in [1.82, 2.24) is 10.2 Å². The molecule has 2 heterocycles. The van der Waals surface area contributed by atoms with Gasteiger partial charge < -0.3 is 4.74 Å². The van der Waals surface area contributed by atoms with E-state index in [0.717, 1.165) is 25.5 Å². The minimum absolute atomic E-state index is 0.233. The molecule has 18 heavy (non-hydrogen) atoms. The Balaban J connectivity index is 1.61. The van der Waals surface area contributed by atoms with E-state index in [-0.39, 0.29) is 6.23 Å². The van der Waals surface area contributed by atoms with E-state index in [0.29, 0.717) is 12.2 Å². The zero-order chi connectivity index (χ0) is 12.4. The monoisotopic (exact) mass is 249 g/mol. The molecule has 3 heteroatoms. The number of rotatable bonds is 3. The third kappa shape index (κ3) is 2.49. The fourth-order valence-corrected chi connectivity index (χ4v) is 3.85. The van der Waals surface area contributed by atoms with Crippen LogP contribution in [-0.4, -0.2) is 36.5 Å². The highest BCUT2D eigenvalue weighted by Gasteiger charge is 2.38. The Labute approximate surface area is 111 Å². The van der Waals surface area contributed by atoms with E-state index < -0.39 is 0 Å². The summed E-state index contributed by atoms with van der Waals surface area (Å²) in [6.45, 7) is 5.74. The number of piperidine rings is 1. The molecule has 4 unspecified atom stereocenters. The van der Waals surface area contributed by atoms with Gasteiger partial charge in [0.1, 0.15) is 6.23 Å². The lowest BCUT2D eigenvalue weighted by atomic mass is 9.78. The maximum absolute atomic E-state index is 5.79. The first kappa shape index (κ1) is 12.6. The van der Waals surface area contributed by atoms with E-state index in [9.17, 15) is 0 Å². The SMILES string of the molecule is C=CCC1OCCN1C1CCC2CCCCC2[N]1. The maximum atomic E-state index is 5.79. The lowest BCUT2D eigenvalue weighted by molar-refractivity contribution is -0.0170. The fourth-order valence-electron chi connectivity index (χ4n) is 3.85. The first-order chi connectivity index (χ1) is 8.88. The van der Waals surface area contributed by atoms with Gasteiger partial charge in [-0.15, -0.1) is 6.58 Å². The van der Waals surface area contributed by atoms with Crippen molar-refractivity contribution in [2.45, 2.75) is 63.4 Å². The minimum atomic E-state index is 0.233. The minimum Gasteiger partial charge on any atom is -0.361 e. The molecule has 0 amide bonds. The van der Waals surface area contributed by atoms with Crippen molar-refractivity contribution in [3.05, 3.63) is 12.7 Å². The van der Waals surface area contributed by atoms with Crippen molar-refractivity contribution in [3.8, 4) is 0 Å². The molecule has 3 rings (SSSR count). The van der Waals surface area contributed by atoms with Gasteiger partial charge in [0.15, 0.2) is 0 Å². The average molecular weight is 249 g/mol.